The highest BCUT2D eigenvalue weighted by atomic mass is 16.5. The normalized spacial score (nSPS) is 19.9. The number of carbonyl (C=O) groups is 1. The maximum Gasteiger partial charge on any atom is 0.302 e. The fraction of sp³-hybridized carbons (Fsp3) is 0.923. The van der Waals surface area contributed by atoms with Crippen molar-refractivity contribution in [1.29, 1.82) is 0 Å². The van der Waals surface area contributed by atoms with E-state index < -0.39 is 0 Å². The summed E-state index contributed by atoms with van der Waals surface area (Å²) >= 11 is 0. The van der Waals surface area contributed by atoms with Gasteiger partial charge in [0.1, 0.15) is 0 Å². The molecule has 0 bridgehead atoms. The zero-order valence-electron chi connectivity index (χ0n) is 10.1. The van der Waals surface area contributed by atoms with Crippen LogP contribution in [0.15, 0.2) is 0 Å². The van der Waals surface area contributed by atoms with Crippen LogP contribution in [0.25, 0.3) is 0 Å². The second-order valence-corrected chi connectivity index (χ2v) is 4.85. The molecule has 1 fully saturated rings. The van der Waals surface area contributed by atoms with Crippen LogP contribution < -0.4 is 0 Å². The highest BCUT2D eigenvalue weighted by Gasteiger charge is 2.13. The van der Waals surface area contributed by atoms with Crippen LogP contribution in [0.1, 0.15) is 65.2 Å². The van der Waals surface area contributed by atoms with Gasteiger partial charge in [0.25, 0.3) is 0 Å². The second-order valence-electron chi connectivity index (χ2n) is 4.85. The molecule has 0 radical (unpaired) electrons. The standard InChI is InChI=1S/C13H24O2/c1-11(15-12(2)14)7-6-10-13-8-4-3-5-9-13/h11,13H,3-10H2,1-2H3. The molecular formula is C13H24O2. The third-order valence-corrected chi connectivity index (χ3v) is 3.31. The van der Waals surface area contributed by atoms with Gasteiger partial charge in [-0.15, -0.1) is 0 Å². The number of esters is 1. The van der Waals surface area contributed by atoms with Gasteiger partial charge >= 0.3 is 5.97 Å². The van der Waals surface area contributed by atoms with E-state index in [1.165, 1.54) is 51.9 Å². The van der Waals surface area contributed by atoms with Crippen molar-refractivity contribution in [2.45, 2.75) is 71.3 Å². The van der Waals surface area contributed by atoms with Crippen molar-refractivity contribution in [3.05, 3.63) is 0 Å². The monoisotopic (exact) mass is 212 g/mol. The number of hydrogen-bond donors (Lipinski definition) is 0. The minimum Gasteiger partial charge on any atom is -0.463 e. The Morgan fingerprint density at radius 2 is 2.00 bits per heavy atom. The summed E-state index contributed by atoms with van der Waals surface area (Å²) < 4.78 is 5.10. The summed E-state index contributed by atoms with van der Waals surface area (Å²) in [6.45, 7) is 3.47. The van der Waals surface area contributed by atoms with E-state index in [0.29, 0.717) is 0 Å². The molecule has 2 heteroatoms. The van der Waals surface area contributed by atoms with E-state index in [1.54, 1.807) is 0 Å². The van der Waals surface area contributed by atoms with Crippen LogP contribution in [0.2, 0.25) is 0 Å². The molecule has 0 saturated heterocycles. The zero-order chi connectivity index (χ0) is 11.1. The summed E-state index contributed by atoms with van der Waals surface area (Å²) in [5.41, 5.74) is 0. The van der Waals surface area contributed by atoms with Gasteiger partial charge < -0.3 is 4.74 Å². The Morgan fingerprint density at radius 1 is 1.33 bits per heavy atom. The molecule has 0 heterocycles. The highest BCUT2D eigenvalue weighted by molar-refractivity contribution is 5.66. The molecule has 1 saturated carbocycles. The van der Waals surface area contributed by atoms with Crippen LogP contribution in [0, 0.1) is 5.92 Å². The van der Waals surface area contributed by atoms with E-state index in [9.17, 15) is 4.79 Å². The molecule has 88 valence electrons. The van der Waals surface area contributed by atoms with Gasteiger partial charge in [0.05, 0.1) is 6.10 Å². The predicted octanol–water partition coefficient (Wildman–Crippen LogP) is 3.69. The lowest BCUT2D eigenvalue weighted by Crippen LogP contribution is -2.13. The van der Waals surface area contributed by atoms with E-state index in [2.05, 4.69) is 0 Å². The molecule has 1 unspecified atom stereocenters. The smallest absolute Gasteiger partial charge is 0.302 e. The first-order chi connectivity index (χ1) is 7.18. The molecule has 0 amide bonds. The summed E-state index contributed by atoms with van der Waals surface area (Å²) in [6.07, 6.45) is 10.8. The van der Waals surface area contributed by atoms with Crippen molar-refractivity contribution in [3.63, 3.8) is 0 Å². The predicted molar refractivity (Wildman–Crippen MR) is 61.7 cm³/mol. The minimum atomic E-state index is -0.153. The fourth-order valence-electron chi connectivity index (χ4n) is 2.51. The second kappa shape index (κ2) is 6.86. The molecule has 0 aromatic heterocycles. The Balaban J connectivity index is 2.02. The molecule has 1 aliphatic carbocycles. The Hall–Kier alpha value is -0.530. The van der Waals surface area contributed by atoms with Gasteiger partial charge in [-0.05, 0) is 25.7 Å². The first-order valence-corrected chi connectivity index (χ1v) is 6.35. The number of ether oxygens (including phenoxy) is 1. The van der Waals surface area contributed by atoms with Crippen molar-refractivity contribution >= 4 is 5.97 Å². The van der Waals surface area contributed by atoms with Crippen LogP contribution in [0.5, 0.6) is 0 Å². The van der Waals surface area contributed by atoms with Gasteiger partial charge in [0, 0.05) is 6.92 Å². The average molecular weight is 212 g/mol. The van der Waals surface area contributed by atoms with E-state index in [0.717, 1.165) is 12.3 Å². The minimum absolute atomic E-state index is 0.103. The largest absolute Gasteiger partial charge is 0.463 e. The molecule has 0 aromatic carbocycles. The topological polar surface area (TPSA) is 26.3 Å². The van der Waals surface area contributed by atoms with E-state index in [-0.39, 0.29) is 12.1 Å². The van der Waals surface area contributed by atoms with Gasteiger partial charge in [-0.3, -0.25) is 4.79 Å². The Kier molecular flexibility index (Phi) is 5.74. The van der Waals surface area contributed by atoms with Crippen molar-refractivity contribution in [2.24, 2.45) is 5.92 Å². The quantitative estimate of drug-likeness (QED) is 0.650. The van der Waals surface area contributed by atoms with Crippen LogP contribution in [0.3, 0.4) is 0 Å². The van der Waals surface area contributed by atoms with E-state index in [1.807, 2.05) is 6.92 Å². The first kappa shape index (κ1) is 12.5. The Labute approximate surface area is 93.4 Å². The molecule has 1 aliphatic rings. The number of rotatable bonds is 5. The molecule has 0 aromatic rings. The van der Waals surface area contributed by atoms with Crippen LogP contribution in [-0.4, -0.2) is 12.1 Å². The van der Waals surface area contributed by atoms with E-state index >= 15 is 0 Å². The average Bonchev–Trinajstić information content (AvgIpc) is 2.18. The van der Waals surface area contributed by atoms with Crippen molar-refractivity contribution in [1.82, 2.24) is 0 Å². The lowest BCUT2D eigenvalue weighted by atomic mass is 9.85. The molecule has 1 rings (SSSR count). The van der Waals surface area contributed by atoms with Gasteiger partial charge in [-0.25, -0.2) is 0 Å². The molecule has 2 nitrogen and oxygen atoms in total. The fourth-order valence-corrected chi connectivity index (χ4v) is 2.51. The first-order valence-electron chi connectivity index (χ1n) is 6.35. The van der Waals surface area contributed by atoms with Crippen molar-refractivity contribution < 1.29 is 9.53 Å². The van der Waals surface area contributed by atoms with Crippen molar-refractivity contribution in [3.8, 4) is 0 Å². The summed E-state index contributed by atoms with van der Waals surface area (Å²) in [4.78, 5) is 10.7. The van der Waals surface area contributed by atoms with Crippen molar-refractivity contribution in [2.75, 3.05) is 0 Å². The van der Waals surface area contributed by atoms with E-state index in [4.69, 9.17) is 4.74 Å². The summed E-state index contributed by atoms with van der Waals surface area (Å²) in [5.74, 6) is 0.795. The molecule has 0 aliphatic heterocycles. The van der Waals surface area contributed by atoms with Gasteiger partial charge in [0.2, 0.25) is 0 Å². The summed E-state index contributed by atoms with van der Waals surface area (Å²) in [5, 5.41) is 0. The lowest BCUT2D eigenvalue weighted by molar-refractivity contribution is -0.145. The molecule has 1 atom stereocenters. The third kappa shape index (κ3) is 5.81. The lowest BCUT2D eigenvalue weighted by Gasteiger charge is -2.21. The maximum atomic E-state index is 10.7. The Morgan fingerprint density at radius 3 is 2.60 bits per heavy atom. The van der Waals surface area contributed by atoms with Crippen LogP contribution in [0.4, 0.5) is 0 Å². The third-order valence-electron chi connectivity index (χ3n) is 3.31. The van der Waals surface area contributed by atoms with Crippen LogP contribution in [-0.2, 0) is 9.53 Å². The zero-order valence-corrected chi connectivity index (χ0v) is 10.1. The van der Waals surface area contributed by atoms with Gasteiger partial charge in [-0.2, -0.15) is 0 Å². The number of carbonyl (C=O) groups excluding carboxylic acids is 1. The summed E-state index contributed by atoms with van der Waals surface area (Å²) in [7, 11) is 0. The molecule has 0 N–H and O–H groups in total. The Bertz CT molecular complexity index is 183. The molecule has 15 heavy (non-hydrogen) atoms. The summed E-state index contributed by atoms with van der Waals surface area (Å²) in [6, 6.07) is 0. The van der Waals surface area contributed by atoms with Gasteiger partial charge in [-0.1, -0.05) is 38.5 Å². The SMILES string of the molecule is CC(=O)OC(C)CCCC1CCCCC1. The number of hydrogen-bond acceptors (Lipinski definition) is 2. The highest BCUT2D eigenvalue weighted by Crippen LogP contribution is 2.27. The van der Waals surface area contributed by atoms with Gasteiger partial charge in [0.15, 0.2) is 0 Å². The van der Waals surface area contributed by atoms with Crippen LogP contribution >= 0.6 is 0 Å². The maximum absolute atomic E-state index is 10.7. The molecule has 0 spiro atoms. The molecular weight excluding hydrogens is 188 g/mol.